The monoisotopic (exact) mass is 290 g/mol. The van der Waals surface area contributed by atoms with Crippen LogP contribution in [0.15, 0.2) is 30.3 Å². The zero-order valence-corrected chi connectivity index (χ0v) is 12.9. The Hall–Kier alpha value is -1.39. The summed E-state index contributed by atoms with van der Waals surface area (Å²) in [6, 6.07) is 9.12. The Morgan fingerprint density at radius 3 is 2.52 bits per heavy atom. The topological polar surface area (TPSA) is 61.4 Å². The number of nitrogens with one attached hydrogen (secondary N) is 2. The first-order valence-corrected chi connectivity index (χ1v) is 7.79. The van der Waals surface area contributed by atoms with Gasteiger partial charge in [-0.2, -0.15) is 0 Å². The molecule has 116 valence electrons. The van der Waals surface area contributed by atoms with E-state index in [2.05, 4.69) is 17.6 Å². The van der Waals surface area contributed by atoms with Crippen molar-refractivity contribution in [2.75, 3.05) is 11.9 Å². The van der Waals surface area contributed by atoms with E-state index < -0.39 is 0 Å². The lowest BCUT2D eigenvalue weighted by molar-refractivity contribution is -0.118. The summed E-state index contributed by atoms with van der Waals surface area (Å²) in [5.41, 5.74) is 0.492. The molecule has 0 spiro atoms. The molecule has 0 radical (unpaired) electrons. The summed E-state index contributed by atoms with van der Waals surface area (Å²) in [5, 5.41) is 16.0. The molecule has 2 rings (SSSR count). The number of benzene rings is 1. The summed E-state index contributed by atoms with van der Waals surface area (Å²) in [6.07, 6.45) is 4.04. The molecule has 0 saturated heterocycles. The first-order chi connectivity index (χ1) is 10.0. The molecule has 4 nitrogen and oxygen atoms in total. The van der Waals surface area contributed by atoms with Gasteiger partial charge in [0.2, 0.25) is 5.91 Å². The molecule has 21 heavy (non-hydrogen) atoms. The first-order valence-electron chi connectivity index (χ1n) is 7.79. The van der Waals surface area contributed by atoms with Crippen LogP contribution in [0.4, 0.5) is 5.69 Å². The first kappa shape index (κ1) is 16.0. The SMILES string of the molecule is CC1CCC(CO)(NC(C)C(=O)Nc2ccccc2)CC1. The van der Waals surface area contributed by atoms with Gasteiger partial charge < -0.3 is 10.4 Å². The molecule has 0 bridgehead atoms. The van der Waals surface area contributed by atoms with Gasteiger partial charge >= 0.3 is 0 Å². The number of hydrogen-bond acceptors (Lipinski definition) is 3. The Balaban J connectivity index is 1.93. The molecular formula is C17H26N2O2. The zero-order chi connectivity index (χ0) is 15.3. The average molecular weight is 290 g/mol. The second-order valence-corrected chi connectivity index (χ2v) is 6.34. The summed E-state index contributed by atoms with van der Waals surface area (Å²) >= 11 is 0. The van der Waals surface area contributed by atoms with Crippen LogP contribution in [0.25, 0.3) is 0 Å². The lowest BCUT2D eigenvalue weighted by Gasteiger charge is -2.40. The highest BCUT2D eigenvalue weighted by molar-refractivity contribution is 5.94. The standard InChI is InChI=1S/C17H26N2O2/c1-13-8-10-17(12-20,11-9-13)19-14(2)16(21)18-15-6-4-3-5-7-15/h3-7,13-14,19-20H,8-12H2,1-2H3,(H,18,21). The maximum Gasteiger partial charge on any atom is 0.241 e. The molecule has 4 heteroatoms. The number of aliphatic hydroxyl groups excluding tert-OH is 1. The van der Waals surface area contributed by atoms with E-state index in [4.69, 9.17) is 0 Å². The van der Waals surface area contributed by atoms with Crippen LogP contribution >= 0.6 is 0 Å². The molecule has 1 unspecified atom stereocenters. The van der Waals surface area contributed by atoms with Crippen LogP contribution < -0.4 is 10.6 Å². The van der Waals surface area contributed by atoms with E-state index in [-0.39, 0.29) is 24.1 Å². The Morgan fingerprint density at radius 1 is 1.33 bits per heavy atom. The van der Waals surface area contributed by atoms with Gasteiger partial charge in [-0.15, -0.1) is 0 Å². The van der Waals surface area contributed by atoms with Crippen LogP contribution in [-0.4, -0.2) is 29.2 Å². The van der Waals surface area contributed by atoms with Gasteiger partial charge in [-0.05, 0) is 50.7 Å². The van der Waals surface area contributed by atoms with Crippen molar-refractivity contribution >= 4 is 11.6 Å². The van der Waals surface area contributed by atoms with Crippen molar-refractivity contribution < 1.29 is 9.90 Å². The third-order valence-corrected chi connectivity index (χ3v) is 4.49. The van der Waals surface area contributed by atoms with Crippen molar-refractivity contribution in [2.24, 2.45) is 5.92 Å². The van der Waals surface area contributed by atoms with Crippen LogP contribution in [0.3, 0.4) is 0 Å². The van der Waals surface area contributed by atoms with Crippen LogP contribution in [0.5, 0.6) is 0 Å². The Kier molecular flexibility index (Phi) is 5.37. The van der Waals surface area contributed by atoms with E-state index in [9.17, 15) is 9.90 Å². The van der Waals surface area contributed by atoms with Gasteiger partial charge in [0, 0.05) is 11.2 Å². The van der Waals surface area contributed by atoms with E-state index in [1.54, 1.807) is 0 Å². The molecule has 0 aliphatic heterocycles. The molecule has 1 atom stereocenters. The summed E-state index contributed by atoms with van der Waals surface area (Å²) in [5.74, 6) is 0.646. The molecule has 1 amide bonds. The van der Waals surface area contributed by atoms with Gasteiger partial charge in [0.1, 0.15) is 0 Å². The number of amides is 1. The summed E-state index contributed by atoms with van der Waals surface area (Å²) in [7, 11) is 0. The van der Waals surface area contributed by atoms with E-state index >= 15 is 0 Å². The maximum absolute atomic E-state index is 12.3. The molecule has 1 fully saturated rings. The van der Waals surface area contributed by atoms with E-state index in [1.165, 1.54) is 0 Å². The highest BCUT2D eigenvalue weighted by Gasteiger charge is 2.35. The third-order valence-electron chi connectivity index (χ3n) is 4.49. The Bertz CT molecular complexity index is 453. The Morgan fingerprint density at radius 2 is 1.95 bits per heavy atom. The smallest absolute Gasteiger partial charge is 0.241 e. The molecule has 0 aromatic heterocycles. The minimum Gasteiger partial charge on any atom is -0.394 e. The number of carbonyl (C=O) groups excluding carboxylic acids is 1. The highest BCUT2D eigenvalue weighted by Crippen LogP contribution is 2.32. The fourth-order valence-corrected chi connectivity index (χ4v) is 2.96. The Labute approximate surface area is 126 Å². The number of rotatable bonds is 5. The summed E-state index contributed by atoms with van der Waals surface area (Å²) < 4.78 is 0. The van der Waals surface area contributed by atoms with Gasteiger partial charge in [-0.1, -0.05) is 25.1 Å². The van der Waals surface area contributed by atoms with Gasteiger partial charge in [0.05, 0.1) is 12.6 Å². The lowest BCUT2D eigenvalue weighted by Crippen LogP contribution is -2.56. The van der Waals surface area contributed by atoms with Gasteiger partial charge in [0.25, 0.3) is 0 Å². The lowest BCUT2D eigenvalue weighted by atomic mass is 9.77. The van der Waals surface area contributed by atoms with Gasteiger partial charge in [0.15, 0.2) is 0 Å². The number of hydrogen-bond donors (Lipinski definition) is 3. The molecule has 1 saturated carbocycles. The fourth-order valence-electron chi connectivity index (χ4n) is 2.96. The van der Waals surface area contributed by atoms with Crippen molar-refractivity contribution in [1.29, 1.82) is 0 Å². The normalized spacial score (nSPS) is 27.1. The summed E-state index contributed by atoms with van der Waals surface area (Å²) in [6.45, 7) is 4.18. The molecule has 1 aromatic rings. The fraction of sp³-hybridized carbons (Fsp3) is 0.588. The van der Waals surface area contributed by atoms with Crippen LogP contribution in [-0.2, 0) is 4.79 Å². The average Bonchev–Trinajstić information content (AvgIpc) is 2.51. The largest absolute Gasteiger partial charge is 0.394 e. The molecular weight excluding hydrogens is 264 g/mol. The molecule has 0 heterocycles. The predicted octanol–water partition coefficient (Wildman–Crippen LogP) is 2.54. The van der Waals surface area contributed by atoms with Gasteiger partial charge in [-0.25, -0.2) is 0 Å². The quantitative estimate of drug-likeness (QED) is 0.781. The number of aliphatic hydroxyl groups is 1. The van der Waals surface area contributed by atoms with E-state index in [0.29, 0.717) is 5.92 Å². The van der Waals surface area contributed by atoms with E-state index in [1.807, 2.05) is 37.3 Å². The van der Waals surface area contributed by atoms with Crippen molar-refractivity contribution in [3.8, 4) is 0 Å². The van der Waals surface area contributed by atoms with Crippen molar-refractivity contribution in [2.45, 2.75) is 51.1 Å². The zero-order valence-electron chi connectivity index (χ0n) is 12.9. The van der Waals surface area contributed by atoms with Crippen molar-refractivity contribution in [3.05, 3.63) is 30.3 Å². The third kappa shape index (κ3) is 4.29. The van der Waals surface area contributed by atoms with Crippen LogP contribution in [0, 0.1) is 5.92 Å². The predicted molar refractivity (Wildman–Crippen MR) is 85.1 cm³/mol. The van der Waals surface area contributed by atoms with Gasteiger partial charge in [-0.3, -0.25) is 10.1 Å². The number of carbonyl (C=O) groups is 1. The molecule has 1 aromatic carbocycles. The second kappa shape index (κ2) is 7.05. The van der Waals surface area contributed by atoms with Crippen molar-refractivity contribution in [3.63, 3.8) is 0 Å². The minimum atomic E-state index is -0.328. The van der Waals surface area contributed by atoms with Crippen LogP contribution in [0.2, 0.25) is 0 Å². The second-order valence-electron chi connectivity index (χ2n) is 6.34. The minimum absolute atomic E-state index is 0.0624. The number of para-hydroxylation sites is 1. The highest BCUT2D eigenvalue weighted by atomic mass is 16.3. The molecule has 3 N–H and O–H groups in total. The molecule has 1 aliphatic carbocycles. The van der Waals surface area contributed by atoms with Crippen LogP contribution in [0.1, 0.15) is 39.5 Å². The maximum atomic E-state index is 12.3. The van der Waals surface area contributed by atoms with E-state index in [0.717, 1.165) is 31.4 Å². The molecule has 1 aliphatic rings. The summed E-state index contributed by atoms with van der Waals surface area (Å²) in [4.78, 5) is 12.3. The van der Waals surface area contributed by atoms with Crippen molar-refractivity contribution in [1.82, 2.24) is 5.32 Å². The number of anilines is 1.